The minimum Gasteiger partial charge on any atom is -0.497 e. The lowest BCUT2D eigenvalue weighted by molar-refractivity contribution is -0.130. The third-order valence-corrected chi connectivity index (χ3v) is 9.12. The highest BCUT2D eigenvalue weighted by atomic mass is 35.5. The molecule has 2 amide bonds. The molecule has 4 aromatic rings. The zero-order valence-corrected chi connectivity index (χ0v) is 25.2. The molecule has 1 aliphatic rings. The summed E-state index contributed by atoms with van der Waals surface area (Å²) in [5.41, 5.74) is 9.82. The lowest BCUT2D eigenvalue weighted by Gasteiger charge is -2.52. The van der Waals surface area contributed by atoms with Crippen LogP contribution in [0.2, 0.25) is 10.0 Å². The van der Waals surface area contributed by atoms with Crippen molar-refractivity contribution >= 4 is 35.0 Å². The minimum atomic E-state index is -0.803. The molecule has 5 rings (SSSR count). The van der Waals surface area contributed by atoms with Gasteiger partial charge in [0, 0.05) is 42.4 Å². The van der Waals surface area contributed by atoms with Crippen molar-refractivity contribution in [2.45, 2.75) is 45.1 Å². The average Bonchev–Trinajstić information content (AvgIpc) is 3.41. The molecule has 1 saturated carbocycles. The van der Waals surface area contributed by atoms with Crippen molar-refractivity contribution in [3.63, 3.8) is 0 Å². The van der Waals surface area contributed by atoms with E-state index in [4.69, 9.17) is 38.8 Å². The Bertz CT molecular complexity index is 1590. The van der Waals surface area contributed by atoms with Crippen molar-refractivity contribution < 1.29 is 14.3 Å². The summed E-state index contributed by atoms with van der Waals surface area (Å²) in [6.07, 6.45) is 4.88. The molecule has 8 nitrogen and oxygen atoms in total. The van der Waals surface area contributed by atoms with E-state index < -0.39 is 11.9 Å². The normalized spacial score (nSPS) is 18.1. The first-order valence-electron chi connectivity index (χ1n) is 13.7. The van der Waals surface area contributed by atoms with Gasteiger partial charge in [0.15, 0.2) is 0 Å². The predicted octanol–water partition coefficient (Wildman–Crippen LogP) is 5.98. The fourth-order valence-electron chi connectivity index (χ4n) is 5.68. The summed E-state index contributed by atoms with van der Waals surface area (Å²) in [5.74, 6) is 0.161. The number of methoxy groups -OCH3 is 1. The highest BCUT2D eigenvalue weighted by molar-refractivity contribution is 6.42. The monoisotopic (exact) mass is 605 g/mol. The zero-order chi connectivity index (χ0) is 30.0. The molecule has 0 bridgehead atoms. The molecule has 0 saturated heterocycles. The van der Waals surface area contributed by atoms with E-state index in [1.807, 2.05) is 47.1 Å². The molecule has 1 fully saturated rings. The number of pyridine rings is 1. The SMILES string of the molecule is COc1ccc(C[C@H](NC(=O)C[C@H]2C[C@H](c3cc(-c4cccnc4)nn3-c3ccc(Cl)c(Cl)c3)C2(C)C)C(N)=O)cc1. The molecule has 2 aromatic heterocycles. The fraction of sp³-hybridized carbons (Fsp3) is 0.312. The van der Waals surface area contributed by atoms with Gasteiger partial charge in [-0.2, -0.15) is 5.10 Å². The fourth-order valence-corrected chi connectivity index (χ4v) is 5.98. The summed E-state index contributed by atoms with van der Waals surface area (Å²) < 4.78 is 7.10. The molecule has 1 aliphatic carbocycles. The van der Waals surface area contributed by atoms with Gasteiger partial charge in [-0.25, -0.2) is 4.68 Å². The van der Waals surface area contributed by atoms with Crippen LogP contribution in [-0.2, 0) is 16.0 Å². The zero-order valence-electron chi connectivity index (χ0n) is 23.7. The maximum atomic E-state index is 13.1. The van der Waals surface area contributed by atoms with Crippen molar-refractivity contribution in [3.05, 3.63) is 94.4 Å². The van der Waals surface area contributed by atoms with E-state index in [9.17, 15) is 9.59 Å². The number of aromatic nitrogens is 3. The third-order valence-electron chi connectivity index (χ3n) is 8.38. The maximum Gasteiger partial charge on any atom is 0.240 e. The molecule has 3 atom stereocenters. The van der Waals surface area contributed by atoms with Gasteiger partial charge in [-0.3, -0.25) is 14.6 Å². The summed E-state index contributed by atoms with van der Waals surface area (Å²) in [5, 5.41) is 8.70. The second-order valence-corrected chi connectivity index (χ2v) is 12.1. The van der Waals surface area contributed by atoms with Gasteiger partial charge < -0.3 is 15.8 Å². The molecule has 42 heavy (non-hydrogen) atoms. The van der Waals surface area contributed by atoms with Crippen LogP contribution in [0.25, 0.3) is 16.9 Å². The van der Waals surface area contributed by atoms with Crippen LogP contribution in [0.4, 0.5) is 0 Å². The van der Waals surface area contributed by atoms with Gasteiger partial charge in [0.2, 0.25) is 11.8 Å². The van der Waals surface area contributed by atoms with Crippen molar-refractivity contribution in [1.29, 1.82) is 0 Å². The van der Waals surface area contributed by atoms with E-state index in [0.717, 1.165) is 34.6 Å². The van der Waals surface area contributed by atoms with E-state index in [2.05, 4.69) is 30.2 Å². The Morgan fingerprint density at radius 1 is 1.12 bits per heavy atom. The third kappa shape index (κ3) is 6.15. The second-order valence-electron chi connectivity index (χ2n) is 11.3. The number of nitrogens with zero attached hydrogens (tertiary/aromatic N) is 3. The molecule has 10 heteroatoms. The lowest BCUT2D eigenvalue weighted by atomic mass is 9.52. The lowest BCUT2D eigenvalue weighted by Crippen LogP contribution is -2.49. The van der Waals surface area contributed by atoms with Crippen molar-refractivity contribution in [3.8, 4) is 22.7 Å². The Kier molecular flexibility index (Phi) is 8.57. The van der Waals surface area contributed by atoms with E-state index in [1.165, 1.54) is 0 Å². The van der Waals surface area contributed by atoms with Gasteiger partial charge in [0.05, 0.1) is 28.5 Å². The Labute approximate surface area is 255 Å². The molecule has 0 radical (unpaired) electrons. The van der Waals surface area contributed by atoms with Crippen molar-refractivity contribution in [2.24, 2.45) is 17.1 Å². The Morgan fingerprint density at radius 3 is 2.50 bits per heavy atom. The maximum absolute atomic E-state index is 13.1. The van der Waals surface area contributed by atoms with E-state index in [1.54, 1.807) is 31.6 Å². The quantitative estimate of drug-likeness (QED) is 0.231. The summed E-state index contributed by atoms with van der Waals surface area (Å²) >= 11 is 12.6. The van der Waals surface area contributed by atoms with E-state index >= 15 is 0 Å². The van der Waals surface area contributed by atoms with Gasteiger partial charge >= 0.3 is 0 Å². The largest absolute Gasteiger partial charge is 0.497 e. The minimum absolute atomic E-state index is 0.0935. The molecular weight excluding hydrogens is 573 g/mol. The number of rotatable bonds is 10. The molecular formula is C32H33Cl2N5O3. The number of benzene rings is 2. The van der Waals surface area contributed by atoms with E-state index in [0.29, 0.717) is 22.2 Å². The van der Waals surface area contributed by atoms with Crippen LogP contribution in [0.1, 0.15) is 43.9 Å². The van der Waals surface area contributed by atoms with Gasteiger partial charge in [0.25, 0.3) is 0 Å². The summed E-state index contributed by atoms with van der Waals surface area (Å²) in [6, 6.07) is 17.9. The second kappa shape index (κ2) is 12.2. The van der Waals surface area contributed by atoms with Crippen LogP contribution in [0.5, 0.6) is 5.75 Å². The van der Waals surface area contributed by atoms with Gasteiger partial charge in [-0.15, -0.1) is 0 Å². The molecule has 218 valence electrons. The number of nitrogens with one attached hydrogen (secondary N) is 1. The Morgan fingerprint density at radius 2 is 1.88 bits per heavy atom. The number of carbonyl (C=O) groups excluding carboxylic acids is 2. The molecule has 3 N–H and O–H groups in total. The van der Waals surface area contributed by atoms with Crippen molar-refractivity contribution in [1.82, 2.24) is 20.1 Å². The predicted molar refractivity (Wildman–Crippen MR) is 164 cm³/mol. The molecule has 2 heterocycles. The number of halogens is 2. The average molecular weight is 607 g/mol. The Hall–Kier alpha value is -3.88. The van der Waals surface area contributed by atoms with Gasteiger partial charge in [-0.05, 0) is 71.8 Å². The highest BCUT2D eigenvalue weighted by Crippen LogP contribution is 2.58. The number of hydrogen-bond donors (Lipinski definition) is 2. The summed E-state index contributed by atoms with van der Waals surface area (Å²) in [6.45, 7) is 4.33. The number of ether oxygens (including phenoxy) is 1. The molecule has 0 spiro atoms. The summed E-state index contributed by atoms with van der Waals surface area (Å²) in [7, 11) is 1.59. The first-order chi connectivity index (χ1) is 20.1. The number of primary amides is 1. The van der Waals surface area contributed by atoms with Crippen LogP contribution in [0, 0.1) is 11.3 Å². The number of nitrogens with two attached hydrogens (primary N) is 1. The van der Waals surface area contributed by atoms with Crippen LogP contribution in [0.15, 0.2) is 73.1 Å². The molecule has 2 aromatic carbocycles. The standard InChI is InChI=1S/C32H33Cl2N5O3/c1-32(2)21(15-30(40)37-28(31(35)41)13-19-6-9-23(42-3)10-7-19)14-24(32)29-17-27(20-5-4-12-36-18-20)38-39(29)22-8-11-25(33)26(34)16-22/h4-12,16-18,21,24,28H,13-15H2,1-3H3,(H2,35,41)(H,37,40)/t21-,24-,28+/m1/s1. The topological polar surface area (TPSA) is 112 Å². The van der Waals surface area contributed by atoms with Crippen LogP contribution < -0.4 is 15.8 Å². The molecule has 0 aliphatic heterocycles. The Balaban J connectivity index is 1.33. The van der Waals surface area contributed by atoms with Gasteiger partial charge in [-0.1, -0.05) is 49.2 Å². The summed E-state index contributed by atoms with van der Waals surface area (Å²) in [4.78, 5) is 29.6. The number of hydrogen-bond acceptors (Lipinski definition) is 5. The van der Waals surface area contributed by atoms with Crippen LogP contribution in [-0.4, -0.2) is 39.7 Å². The first-order valence-corrected chi connectivity index (χ1v) is 14.5. The molecule has 0 unspecified atom stereocenters. The highest BCUT2D eigenvalue weighted by Gasteiger charge is 2.50. The van der Waals surface area contributed by atoms with Crippen molar-refractivity contribution in [2.75, 3.05) is 7.11 Å². The number of amides is 2. The van der Waals surface area contributed by atoms with E-state index in [-0.39, 0.29) is 29.6 Å². The van der Waals surface area contributed by atoms with Gasteiger partial charge in [0.1, 0.15) is 11.8 Å². The first kappa shape index (κ1) is 29.6. The van der Waals surface area contributed by atoms with Crippen LogP contribution in [0.3, 0.4) is 0 Å². The van der Waals surface area contributed by atoms with Crippen LogP contribution >= 0.6 is 23.2 Å². The number of carbonyl (C=O) groups is 2. The smallest absolute Gasteiger partial charge is 0.240 e.